The number of anilines is 1. The third-order valence-electron chi connectivity index (χ3n) is 3.24. The lowest BCUT2D eigenvalue weighted by Gasteiger charge is -2.09. The quantitative estimate of drug-likeness (QED) is 0.777. The Balaban J connectivity index is 1.86. The molecule has 0 fully saturated rings. The fourth-order valence-corrected chi connectivity index (χ4v) is 2.31. The summed E-state index contributed by atoms with van der Waals surface area (Å²) in [5, 5.41) is 3.24. The van der Waals surface area contributed by atoms with Gasteiger partial charge in [-0.05, 0) is 19.1 Å². The minimum absolute atomic E-state index is 0.712. The highest BCUT2D eigenvalue weighted by Gasteiger charge is 2.06. The van der Waals surface area contributed by atoms with Gasteiger partial charge in [-0.3, -0.25) is 0 Å². The number of imidazole rings is 1. The van der Waals surface area contributed by atoms with E-state index in [4.69, 9.17) is 0 Å². The van der Waals surface area contributed by atoms with Crippen LogP contribution in [0.1, 0.15) is 12.6 Å². The van der Waals surface area contributed by atoms with Crippen molar-refractivity contribution in [2.24, 2.45) is 0 Å². The minimum atomic E-state index is 0.712. The van der Waals surface area contributed by atoms with Gasteiger partial charge in [-0.1, -0.05) is 36.4 Å². The van der Waals surface area contributed by atoms with Crippen molar-refractivity contribution in [3.63, 3.8) is 0 Å². The molecule has 0 aliphatic heterocycles. The molecule has 2 aromatic heterocycles. The molecule has 0 aliphatic rings. The molecule has 0 atom stereocenters. The Morgan fingerprint density at radius 1 is 1.05 bits per heavy atom. The molecule has 0 bridgehead atoms. The molecule has 0 radical (unpaired) electrons. The summed E-state index contributed by atoms with van der Waals surface area (Å²) in [7, 11) is 0. The van der Waals surface area contributed by atoms with Crippen molar-refractivity contribution in [1.82, 2.24) is 14.5 Å². The monoisotopic (exact) mass is 278 g/mol. The molecular formula is C17H18N4. The van der Waals surface area contributed by atoms with Crippen molar-refractivity contribution in [1.29, 1.82) is 0 Å². The molecule has 0 saturated carbocycles. The molecule has 1 N–H and O–H groups in total. The average molecular weight is 278 g/mol. The van der Waals surface area contributed by atoms with E-state index in [1.54, 1.807) is 0 Å². The van der Waals surface area contributed by atoms with Crippen LogP contribution in [0.25, 0.3) is 11.4 Å². The molecule has 0 saturated heterocycles. The highest BCUT2D eigenvalue weighted by Crippen LogP contribution is 2.18. The maximum absolute atomic E-state index is 4.61. The molecule has 4 nitrogen and oxygen atoms in total. The van der Waals surface area contributed by atoms with E-state index in [9.17, 15) is 0 Å². The molecular weight excluding hydrogens is 260 g/mol. The summed E-state index contributed by atoms with van der Waals surface area (Å²) in [5.74, 6) is 1.88. The van der Waals surface area contributed by atoms with Crippen molar-refractivity contribution in [2.75, 3.05) is 11.9 Å². The van der Waals surface area contributed by atoms with E-state index < -0.39 is 0 Å². The van der Waals surface area contributed by atoms with Gasteiger partial charge in [0.05, 0.1) is 12.2 Å². The van der Waals surface area contributed by atoms with E-state index in [-0.39, 0.29) is 0 Å². The zero-order valence-corrected chi connectivity index (χ0v) is 12.0. The summed E-state index contributed by atoms with van der Waals surface area (Å²) in [6.07, 6.45) is 3.82. The zero-order valence-electron chi connectivity index (χ0n) is 12.0. The van der Waals surface area contributed by atoms with Gasteiger partial charge in [-0.2, -0.15) is 0 Å². The molecule has 3 aromatic rings. The van der Waals surface area contributed by atoms with Crippen LogP contribution in [-0.2, 0) is 6.54 Å². The number of aromatic nitrogens is 3. The van der Waals surface area contributed by atoms with Crippen LogP contribution >= 0.6 is 0 Å². The van der Waals surface area contributed by atoms with Crippen molar-refractivity contribution in [3.8, 4) is 11.4 Å². The first-order valence-electron chi connectivity index (χ1n) is 7.13. The molecule has 106 valence electrons. The van der Waals surface area contributed by atoms with Crippen LogP contribution in [0.3, 0.4) is 0 Å². The molecule has 0 amide bonds. The lowest BCUT2D eigenvalue weighted by Crippen LogP contribution is -2.05. The van der Waals surface area contributed by atoms with Crippen LogP contribution in [0.5, 0.6) is 0 Å². The van der Waals surface area contributed by atoms with E-state index in [0.717, 1.165) is 29.4 Å². The van der Waals surface area contributed by atoms with Crippen LogP contribution < -0.4 is 5.32 Å². The van der Waals surface area contributed by atoms with E-state index in [2.05, 4.69) is 38.9 Å². The molecule has 4 heteroatoms. The van der Waals surface area contributed by atoms with Crippen LogP contribution in [0, 0.1) is 0 Å². The van der Waals surface area contributed by atoms with Gasteiger partial charge in [0, 0.05) is 24.5 Å². The summed E-state index contributed by atoms with van der Waals surface area (Å²) in [6, 6.07) is 16.3. The highest BCUT2D eigenvalue weighted by atomic mass is 15.1. The third kappa shape index (κ3) is 3.11. The number of nitrogens with zero attached hydrogens (tertiary/aromatic N) is 3. The van der Waals surface area contributed by atoms with Gasteiger partial charge in [0.25, 0.3) is 0 Å². The Kier molecular flexibility index (Phi) is 3.96. The van der Waals surface area contributed by atoms with Gasteiger partial charge in [0.1, 0.15) is 11.6 Å². The predicted molar refractivity (Wildman–Crippen MR) is 85.2 cm³/mol. The number of nitrogens with one attached hydrogen (secondary N) is 1. The first-order chi connectivity index (χ1) is 10.4. The SMILES string of the molecule is CCNc1cccc(Cn2ccnc2-c2ccccc2)n1. The lowest BCUT2D eigenvalue weighted by atomic mass is 10.2. The van der Waals surface area contributed by atoms with Gasteiger partial charge in [0.2, 0.25) is 0 Å². The minimum Gasteiger partial charge on any atom is -0.370 e. The summed E-state index contributed by atoms with van der Waals surface area (Å²) < 4.78 is 2.12. The van der Waals surface area contributed by atoms with Crippen LogP contribution in [0.15, 0.2) is 60.9 Å². The van der Waals surface area contributed by atoms with Gasteiger partial charge in [-0.15, -0.1) is 0 Å². The number of hydrogen-bond donors (Lipinski definition) is 1. The molecule has 1 aromatic carbocycles. The van der Waals surface area contributed by atoms with Gasteiger partial charge in [-0.25, -0.2) is 9.97 Å². The maximum Gasteiger partial charge on any atom is 0.140 e. The molecule has 0 spiro atoms. The van der Waals surface area contributed by atoms with Crippen molar-refractivity contribution in [2.45, 2.75) is 13.5 Å². The van der Waals surface area contributed by atoms with Crippen molar-refractivity contribution < 1.29 is 0 Å². The van der Waals surface area contributed by atoms with E-state index in [1.807, 2.05) is 48.8 Å². The van der Waals surface area contributed by atoms with Gasteiger partial charge >= 0.3 is 0 Å². The van der Waals surface area contributed by atoms with E-state index >= 15 is 0 Å². The molecule has 21 heavy (non-hydrogen) atoms. The predicted octanol–water partition coefficient (Wildman–Crippen LogP) is 3.43. The van der Waals surface area contributed by atoms with Crippen molar-refractivity contribution >= 4 is 5.82 Å². The Labute approximate surface area is 124 Å². The summed E-state index contributed by atoms with van der Waals surface area (Å²) in [6.45, 7) is 3.65. The number of pyridine rings is 1. The normalized spacial score (nSPS) is 10.5. The van der Waals surface area contributed by atoms with Gasteiger partial charge < -0.3 is 9.88 Å². The third-order valence-corrected chi connectivity index (χ3v) is 3.24. The smallest absolute Gasteiger partial charge is 0.140 e. The second-order valence-corrected chi connectivity index (χ2v) is 4.79. The molecule has 0 aliphatic carbocycles. The molecule has 2 heterocycles. The van der Waals surface area contributed by atoms with Crippen LogP contribution in [-0.4, -0.2) is 21.1 Å². The zero-order chi connectivity index (χ0) is 14.5. The fourth-order valence-electron chi connectivity index (χ4n) is 2.31. The maximum atomic E-state index is 4.61. The standard InChI is InChI=1S/C17H18N4/c1-2-18-16-10-6-9-15(20-16)13-21-12-11-19-17(21)14-7-4-3-5-8-14/h3-12H,2,13H2,1H3,(H,18,20). The molecule has 3 rings (SSSR count). The first-order valence-corrected chi connectivity index (χ1v) is 7.13. The second kappa shape index (κ2) is 6.22. The summed E-state index contributed by atoms with van der Waals surface area (Å²) in [4.78, 5) is 9.07. The fraction of sp³-hybridized carbons (Fsp3) is 0.176. The summed E-state index contributed by atoms with van der Waals surface area (Å²) in [5.41, 5.74) is 2.13. The largest absolute Gasteiger partial charge is 0.370 e. The van der Waals surface area contributed by atoms with E-state index in [0.29, 0.717) is 6.54 Å². The van der Waals surface area contributed by atoms with Crippen LogP contribution in [0.2, 0.25) is 0 Å². The lowest BCUT2D eigenvalue weighted by molar-refractivity contribution is 0.782. The Bertz CT molecular complexity index is 704. The number of rotatable bonds is 5. The topological polar surface area (TPSA) is 42.7 Å². The number of hydrogen-bond acceptors (Lipinski definition) is 3. The second-order valence-electron chi connectivity index (χ2n) is 4.79. The molecule has 0 unspecified atom stereocenters. The Hall–Kier alpha value is -2.62. The van der Waals surface area contributed by atoms with Gasteiger partial charge in [0.15, 0.2) is 0 Å². The van der Waals surface area contributed by atoms with Crippen LogP contribution in [0.4, 0.5) is 5.82 Å². The Morgan fingerprint density at radius 2 is 1.90 bits per heavy atom. The van der Waals surface area contributed by atoms with Crippen molar-refractivity contribution in [3.05, 3.63) is 66.6 Å². The van der Waals surface area contributed by atoms with E-state index in [1.165, 1.54) is 0 Å². The Morgan fingerprint density at radius 3 is 2.71 bits per heavy atom. The summed E-state index contributed by atoms with van der Waals surface area (Å²) >= 11 is 0. The first kappa shape index (κ1) is 13.4. The number of benzene rings is 1. The highest BCUT2D eigenvalue weighted by molar-refractivity contribution is 5.55. The average Bonchev–Trinajstić information content (AvgIpc) is 2.97.